The van der Waals surface area contributed by atoms with Gasteiger partial charge in [0.15, 0.2) is 0 Å². The van der Waals surface area contributed by atoms with E-state index in [2.05, 4.69) is 0 Å². The van der Waals surface area contributed by atoms with Gasteiger partial charge in [-0.05, 0) is 19.3 Å². The zero-order valence-electron chi connectivity index (χ0n) is 8.00. The molecule has 0 spiro atoms. The van der Waals surface area contributed by atoms with Gasteiger partial charge in [-0.1, -0.05) is 32.1 Å². The number of rotatable bonds is 3. The third-order valence-corrected chi connectivity index (χ3v) is 2.91. The van der Waals surface area contributed by atoms with E-state index < -0.39 is 0 Å². The molecule has 0 heterocycles. The van der Waals surface area contributed by atoms with Crippen molar-refractivity contribution in [3.63, 3.8) is 0 Å². The summed E-state index contributed by atoms with van der Waals surface area (Å²) in [5, 5.41) is 9.55. The van der Waals surface area contributed by atoms with Crippen LogP contribution in [0.3, 0.4) is 0 Å². The fourth-order valence-electron chi connectivity index (χ4n) is 1.98. The van der Waals surface area contributed by atoms with Crippen LogP contribution in [-0.4, -0.2) is 17.3 Å². The summed E-state index contributed by atoms with van der Waals surface area (Å²) in [5.74, 6) is 0.736. The maximum absolute atomic E-state index is 9.55. The van der Waals surface area contributed by atoms with E-state index in [0.717, 1.165) is 12.3 Å². The fourth-order valence-corrected chi connectivity index (χ4v) is 1.98. The third-order valence-electron chi connectivity index (χ3n) is 2.91. The Bertz CT molecular complexity index is 119. The first-order chi connectivity index (χ1) is 5.70. The molecular weight excluding hydrogens is 150 g/mol. The van der Waals surface area contributed by atoms with Crippen LogP contribution in [0.2, 0.25) is 0 Å². The molecule has 0 amide bonds. The van der Waals surface area contributed by atoms with Gasteiger partial charge in [0, 0.05) is 6.04 Å². The molecule has 72 valence electrons. The van der Waals surface area contributed by atoms with Crippen LogP contribution in [-0.2, 0) is 0 Å². The van der Waals surface area contributed by atoms with Gasteiger partial charge >= 0.3 is 0 Å². The van der Waals surface area contributed by atoms with Crippen molar-refractivity contribution in [2.24, 2.45) is 11.7 Å². The summed E-state index contributed by atoms with van der Waals surface area (Å²) in [5.41, 5.74) is 5.60. The second kappa shape index (κ2) is 4.83. The molecule has 1 aliphatic rings. The first-order valence-corrected chi connectivity index (χ1v) is 5.14. The van der Waals surface area contributed by atoms with Crippen LogP contribution >= 0.6 is 0 Å². The summed E-state index contributed by atoms with van der Waals surface area (Å²) in [6.45, 7) is 1.88. The molecule has 2 heteroatoms. The lowest BCUT2D eigenvalue weighted by atomic mass is 9.84. The van der Waals surface area contributed by atoms with Crippen molar-refractivity contribution in [2.45, 2.75) is 57.6 Å². The van der Waals surface area contributed by atoms with Crippen molar-refractivity contribution in [3.8, 4) is 0 Å². The summed E-state index contributed by atoms with van der Waals surface area (Å²) in [6, 6.07) is -0.0630. The Balaban J connectivity index is 2.20. The molecule has 3 N–H and O–H groups in total. The Morgan fingerprint density at radius 1 is 1.33 bits per heavy atom. The summed E-state index contributed by atoms with van der Waals surface area (Å²) in [6.07, 6.45) is 7.29. The zero-order chi connectivity index (χ0) is 8.97. The largest absolute Gasteiger partial charge is 0.392 e. The van der Waals surface area contributed by atoms with Crippen LogP contribution in [0.1, 0.15) is 45.4 Å². The van der Waals surface area contributed by atoms with Crippen molar-refractivity contribution >= 4 is 0 Å². The quantitative estimate of drug-likeness (QED) is 0.678. The van der Waals surface area contributed by atoms with Gasteiger partial charge in [0.2, 0.25) is 0 Å². The van der Waals surface area contributed by atoms with E-state index in [1.807, 2.05) is 6.92 Å². The molecule has 0 aromatic heterocycles. The molecule has 0 aliphatic heterocycles. The molecule has 1 aliphatic carbocycles. The van der Waals surface area contributed by atoms with E-state index >= 15 is 0 Å². The number of aliphatic hydroxyl groups is 1. The van der Waals surface area contributed by atoms with Gasteiger partial charge < -0.3 is 10.8 Å². The highest BCUT2D eigenvalue weighted by Crippen LogP contribution is 2.27. The van der Waals surface area contributed by atoms with Crippen LogP contribution < -0.4 is 5.73 Å². The number of hydrogen-bond donors (Lipinski definition) is 2. The molecule has 1 unspecified atom stereocenters. The highest BCUT2D eigenvalue weighted by atomic mass is 16.3. The topological polar surface area (TPSA) is 46.2 Å². The lowest BCUT2D eigenvalue weighted by molar-refractivity contribution is 0.110. The molecule has 0 aromatic rings. The smallest absolute Gasteiger partial charge is 0.0691 e. The monoisotopic (exact) mass is 171 g/mol. The van der Waals surface area contributed by atoms with Gasteiger partial charge in [-0.15, -0.1) is 0 Å². The number of aliphatic hydroxyl groups excluding tert-OH is 1. The van der Waals surface area contributed by atoms with Gasteiger partial charge in [-0.3, -0.25) is 0 Å². The van der Waals surface area contributed by atoms with Crippen molar-refractivity contribution in [1.82, 2.24) is 0 Å². The van der Waals surface area contributed by atoms with E-state index in [1.54, 1.807) is 0 Å². The van der Waals surface area contributed by atoms with Gasteiger partial charge in [0.05, 0.1) is 6.10 Å². The highest BCUT2D eigenvalue weighted by molar-refractivity contribution is 4.74. The minimum absolute atomic E-state index is 0.0630. The van der Waals surface area contributed by atoms with Gasteiger partial charge in [0.25, 0.3) is 0 Å². The summed E-state index contributed by atoms with van der Waals surface area (Å²) >= 11 is 0. The highest BCUT2D eigenvalue weighted by Gasteiger charge is 2.19. The Kier molecular flexibility index (Phi) is 4.02. The standard InChI is InChI=1S/C10H21NO/c1-8(11)10(12)7-9-5-3-2-4-6-9/h8-10,12H,2-7,11H2,1H3/t8-,10?/m0/s1. The lowest BCUT2D eigenvalue weighted by Gasteiger charge is -2.25. The van der Waals surface area contributed by atoms with Gasteiger partial charge in [-0.2, -0.15) is 0 Å². The maximum Gasteiger partial charge on any atom is 0.0691 e. The second-order valence-electron chi connectivity index (χ2n) is 4.17. The van der Waals surface area contributed by atoms with Crippen molar-refractivity contribution in [1.29, 1.82) is 0 Å². The third kappa shape index (κ3) is 3.11. The molecule has 1 saturated carbocycles. The maximum atomic E-state index is 9.55. The van der Waals surface area contributed by atoms with Crippen LogP contribution in [0.15, 0.2) is 0 Å². The molecule has 12 heavy (non-hydrogen) atoms. The minimum atomic E-state index is -0.284. The van der Waals surface area contributed by atoms with E-state index in [9.17, 15) is 5.11 Å². The summed E-state index contributed by atoms with van der Waals surface area (Å²) in [4.78, 5) is 0. The van der Waals surface area contributed by atoms with Crippen LogP contribution in [0.25, 0.3) is 0 Å². The second-order valence-corrected chi connectivity index (χ2v) is 4.17. The van der Waals surface area contributed by atoms with E-state index in [0.29, 0.717) is 0 Å². The summed E-state index contributed by atoms with van der Waals surface area (Å²) < 4.78 is 0. The van der Waals surface area contributed by atoms with Crippen molar-refractivity contribution in [2.75, 3.05) is 0 Å². The average Bonchev–Trinajstić information content (AvgIpc) is 2.06. The molecule has 0 radical (unpaired) electrons. The Labute approximate surface area is 75.2 Å². The van der Waals surface area contributed by atoms with E-state index in [1.165, 1.54) is 32.1 Å². The van der Waals surface area contributed by atoms with Gasteiger partial charge in [-0.25, -0.2) is 0 Å². The normalized spacial score (nSPS) is 25.2. The Morgan fingerprint density at radius 3 is 2.42 bits per heavy atom. The van der Waals surface area contributed by atoms with E-state index in [4.69, 9.17) is 5.73 Å². The van der Waals surface area contributed by atoms with Crippen LogP contribution in [0.5, 0.6) is 0 Å². The summed E-state index contributed by atoms with van der Waals surface area (Å²) in [7, 11) is 0. The predicted octanol–water partition coefficient (Wildman–Crippen LogP) is 1.66. The first kappa shape index (κ1) is 10.0. The van der Waals surface area contributed by atoms with Gasteiger partial charge in [0.1, 0.15) is 0 Å². The SMILES string of the molecule is C[C@H](N)C(O)CC1CCCCC1. The van der Waals surface area contributed by atoms with Crippen LogP contribution in [0.4, 0.5) is 0 Å². The zero-order valence-corrected chi connectivity index (χ0v) is 8.00. The molecule has 0 saturated heterocycles. The lowest BCUT2D eigenvalue weighted by Crippen LogP contribution is -2.33. The fraction of sp³-hybridized carbons (Fsp3) is 1.00. The molecule has 0 bridgehead atoms. The number of nitrogens with two attached hydrogens (primary N) is 1. The Morgan fingerprint density at radius 2 is 1.92 bits per heavy atom. The Hall–Kier alpha value is -0.0800. The number of hydrogen-bond acceptors (Lipinski definition) is 2. The molecule has 1 fully saturated rings. The van der Waals surface area contributed by atoms with Crippen LogP contribution in [0, 0.1) is 5.92 Å². The molecule has 2 nitrogen and oxygen atoms in total. The molecule has 2 atom stereocenters. The first-order valence-electron chi connectivity index (χ1n) is 5.14. The minimum Gasteiger partial charge on any atom is -0.392 e. The van der Waals surface area contributed by atoms with Crippen molar-refractivity contribution in [3.05, 3.63) is 0 Å². The average molecular weight is 171 g/mol. The molecule has 0 aromatic carbocycles. The molecular formula is C10H21NO. The van der Waals surface area contributed by atoms with E-state index in [-0.39, 0.29) is 12.1 Å². The molecule has 1 rings (SSSR count). The van der Waals surface area contributed by atoms with Crippen molar-refractivity contribution < 1.29 is 5.11 Å². The predicted molar refractivity (Wildman–Crippen MR) is 50.8 cm³/mol.